The third-order valence-corrected chi connectivity index (χ3v) is 7.01. The van der Waals surface area contributed by atoms with Gasteiger partial charge in [-0.3, -0.25) is 4.98 Å². The summed E-state index contributed by atoms with van der Waals surface area (Å²) in [6.07, 6.45) is 5.46. The van der Waals surface area contributed by atoms with Gasteiger partial charge in [0.2, 0.25) is 5.71 Å². The molecule has 5 nitrogen and oxygen atoms in total. The Labute approximate surface area is 211 Å². The fourth-order valence-electron chi connectivity index (χ4n) is 5.38. The summed E-state index contributed by atoms with van der Waals surface area (Å²) in [5, 5.41) is 6.39. The lowest BCUT2D eigenvalue weighted by molar-refractivity contribution is 0.654. The van der Waals surface area contributed by atoms with E-state index in [-0.39, 0.29) is 0 Å². The monoisotopic (exact) mass is 477 g/mol. The Bertz CT molecular complexity index is 2120. The highest BCUT2D eigenvalue weighted by Gasteiger charge is 2.22. The molecule has 0 N–H and O–H groups in total. The van der Waals surface area contributed by atoms with Gasteiger partial charge in [-0.15, -0.1) is 0 Å². The summed E-state index contributed by atoms with van der Waals surface area (Å²) < 4.78 is 12.2. The van der Waals surface area contributed by atoms with Gasteiger partial charge in [-0.1, -0.05) is 60.7 Å². The molecule has 8 rings (SSSR count). The molecular formula is C32H19N3O2. The molecule has 174 valence electrons. The van der Waals surface area contributed by atoms with Crippen LogP contribution in [0.4, 0.5) is 17.1 Å². The molecule has 0 bridgehead atoms. The zero-order valence-electron chi connectivity index (χ0n) is 19.6. The van der Waals surface area contributed by atoms with Gasteiger partial charge in [0.25, 0.3) is 0 Å². The topological polar surface area (TPSA) is 55.3 Å². The first-order valence-electron chi connectivity index (χ1n) is 12.2. The van der Waals surface area contributed by atoms with Crippen molar-refractivity contribution in [3.05, 3.63) is 116 Å². The quantitative estimate of drug-likeness (QED) is 0.254. The molecule has 0 aliphatic rings. The minimum Gasteiger partial charge on any atom is -0.454 e. The van der Waals surface area contributed by atoms with Gasteiger partial charge in [-0.2, -0.15) is 0 Å². The highest BCUT2D eigenvalue weighted by atomic mass is 16.3. The molecule has 4 heterocycles. The molecule has 0 aliphatic carbocycles. The average molecular weight is 478 g/mol. The van der Waals surface area contributed by atoms with E-state index in [1.165, 1.54) is 5.39 Å². The molecule has 0 unspecified atom stereocenters. The molecule has 37 heavy (non-hydrogen) atoms. The normalized spacial score (nSPS) is 11.8. The van der Waals surface area contributed by atoms with Crippen molar-refractivity contribution < 1.29 is 8.83 Å². The maximum absolute atomic E-state index is 6.20. The molecule has 8 aromatic rings. The van der Waals surface area contributed by atoms with Gasteiger partial charge in [0, 0.05) is 22.4 Å². The minimum atomic E-state index is 0.626. The van der Waals surface area contributed by atoms with Gasteiger partial charge in [-0.25, -0.2) is 4.98 Å². The molecular weight excluding hydrogens is 458 g/mol. The van der Waals surface area contributed by atoms with Crippen molar-refractivity contribution in [2.24, 2.45) is 0 Å². The Hall–Kier alpha value is -5.16. The summed E-state index contributed by atoms with van der Waals surface area (Å²) in [6, 6.07) is 33.3. The van der Waals surface area contributed by atoms with Crippen LogP contribution in [-0.2, 0) is 0 Å². The van der Waals surface area contributed by atoms with Crippen molar-refractivity contribution in [2.75, 3.05) is 4.90 Å². The third-order valence-electron chi connectivity index (χ3n) is 7.01. The van der Waals surface area contributed by atoms with E-state index in [2.05, 4.69) is 70.5 Å². The number of fused-ring (bicyclic) bond motifs is 7. The number of benzene rings is 4. The number of nitrogens with zero attached hydrogens (tertiary/aromatic N) is 3. The lowest BCUT2D eigenvalue weighted by Gasteiger charge is -2.27. The number of hydrogen-bond donors (Lipinski definition) is 0. The zero-order valence-corrected chi connectivity index (χ0v) is 19.6. The van der Waals surface area contributed by atoms with E-state index in [1.807, 2.05) is 48.8 Å². The van der Waals surface area contributed by atoms with Crippen LogP contribution in [0.25, 0.3) is 54.8 Å². The molecule has 0 saturated carbocycles. The molecule has 4 aromatic carbocycles. The Morgan fingerprint density at radius 1 is 0.568 bits per heavy atom. The zero-order chi connectivity index (χ0) is 24.3. The summed E-state index contributed by atoms with van der Waals surface area (Å²) in [6.45, 7) is 0. The predicted molar refractivity (Wildman–Crippen MR) is 149 cm³/mol. The van der Waals surface area contributed by atoms with E-state index in [0.717, 1.165) is 60.7 Å². The van der Waals surface area contributed by atoms with Crippen molar-refractivity contribution in [3.63, 3.8) is 0 Å². The highest BCUT2D eigenvalue weighted by molar-refractivity contribution is 6.15. The smallest absolute Gasteiger partial charge is 0.227 e. The van der Waals surface area contributed by atoms with Gasteiger partial charge in [0.1, 0.15) is 11.2 Å². The number of aromatic nitrogens is 2. The van der Waals surface area contributed by atoms with Crippen LogP contribution in [0.5, 0.6) is 0 Å². The van der Waals surface area contributed by atoms with Crippen LogP contribution >= 0.6 is 0 Å². The maximum atomic E-state index is 6.20. The standard InChI is InChI=1S/C32H19N3O2/c1-2-9-22-20(7-1)8-5-11-26(22)35(21-17-25-23-10-3-4-13-28(23)37-32(25)34-18-21)27-12-6-14-29-31(27)24-15-16-33-19-30(24)36-29/h1-19H. The highest BCUT2D eigenvalue weighted by Crippen LogP contribution is 2.45. The third kappa shape index (κ3) is 2.98. The van der Waals surface area contributed by atoms with E-state index < -0.39 is 0 Å². The van der Waals surface area contributed by atoms with Crippen molar-refractivity contribution in [3.8, 4) is 0 Å². The van der Waals surface area contributed by atoms with Crippen molar-refractivity contribution >= 4 is 71.8 Å². The summed E-state index contributed by atoms with van der Waals surface area (Å²) in [7, 11) is 0. The molecule has 4 aromatic heterocycles. The van der Waals surface area contributed by atoms with E-state index in [1.54, 1.807) is 6.20 Å². The second-order valence-electron chi connectivity index (χ2n) is 9.10. The maximum Gasteiger partial charge on any atom is 0.227 e. The fourth-order valence-corrected chi connectivity index (χ4v) is 5.38. The van der Waals surface area contributed by atoms with Crippen LogP contribution in [0.1, 0.15) is 0 Å². The van der Waals surface area contributed by atoms with E-state index in [4.69, 9.17) is 13.8 Å². The van der Waals surface area contributed by atoms with E-state index >= 15 is 0 Å². The predicted octanol–water partition coefficient (Wildman–Crippen LogP) is 8.90. The van der Waals surface area contributed by atoms with E-state index in [9.17, 15) is 0 Å². The van der Waals surface area contributed by atoms with Crippen LogP contribution in [0.2, 0.25) is 0 Å². The SMILES string of the molecule is c1ccc2c(N(c3cnc4oc5ccccc5c4c3)c3cccc4oc5cnccc5c34)cccc2c1. The Balaban J connectivity index is 1.49. The molecule has 0 radical (unpaired) electrons. The summed E-state index contributed by atoms with van der Waals surface area (Å²) in [4.78, 5) is 11.3. The first-order valence-corrected chi connectivity index (χ1v) is 12.2. The molecule has 0 spiro atoms. The first-order chi connectivity index (χ1) is 18.3. The average Bonchev–Trinajstić information content (AvgIpc) is 3.52. The van der Waals surface area contributed by atoms with E-state index in [0.29, 0.717) is 5.71 Å². The lowest BCUT2D eigenvalue weighted by atomic mass is 10.0. The largest absolute Gasteiger partial charge is 0.454 e. The Kier molecular flexibility index (Phi) is 4.16. The minimum absolute atomic E-state index is 0.626. The fraction of sp³-hybridized carbons (Fsp3) is 0. The summed E-state index contributed by atoms with van der Waals surface area (Å²) >= 11 is 0. The van der Waals surface area contributed by atoms with Gasteiger partial charge >= 0.3 is 0 Å². The van der Waals surface area contributed by atoms with Crippen LogP contribution < -0.4 is 4.90 Å². The van der Waals surface area contributed by atoms with Crippen LogP contribution in [0.15, 0.2) is 124 Å². The van der Waals surface area contributed by atoms with Crippen molar-refractivity contribution in [1.29, 1.82) is 0 Å². The van der Waals surface area contributed by atoms with Gasteiger partial charge in [-0.05, 0) is 41.8 Å². The number of anilines is 3. The van der Waals surface area contributed by atoms with Crippen molar-refractivity contribution in [2.45, 2.75) is 0 Å². The van der Waals surface area contributed by atoms with Crippen LogP contribution in [-0.4, -0.2) is 9.97 Å². The number of furan rings is 2. The molecule has 0 atom stereocenters. The molecule has 0 amide bonds. The number of hydrogen-bond acceptors (Lipinski definition) is 5. The second kappa shape index (κ2) is 7.67. The summed E-state index contributed by atoms with van der Waals surface area (Å²) in [5.74, 6) is 0. The Morgan fingerprint density at radius 3 is 2.32 bits per heavy atom. The first kappa shape index (κ1) is 20.1. The lowest BCUT2D eigenvalue weighted by Crippen LogP contribution is -2.11. The van der Waals surface area contributed by atoms with Crippen LogP contribution in [0, 0.1) is 0 Å². The molecule has 0 fully saturated rings. The number of pyridine rings is 2. The molecule has 0 saturated heterocycles. The summed E-state index contributed by atoms with van der Waals surface area (Å²) in [5.41, 5.74) is 6.03. The molecule has 5 heteroatoms. The van der Waals surface area contributed by atoms with Crippen molar-refractivity contribution in [1.82, 2.24) is 9.97 Å². The Morgan fingerprint density at radius 2 is 1.35 bits per heavy atom. The van der Waals surface area contributed by atoms with Gasteiger partial charge in [0.15, 0.2) is 5.58 Å². The number of para-hydroxylation sites is 1. The molecule has 0 aliphatic heterocycles. The van der Waals surface area contributed by atoms with Gasteiger partial charge in [0.05, 0.1) is 40.2 Å². The second-order valence-corrected chi connectivity index (χ2v) is 9.10. The van der Waals surface area contributed by atoms with Crippen LogP contribution in [0.3, 0.4) is 0 Å². The van der Waals surface area contributed by atoms with Gasteiger partial charge < -0.3 is 13.7 Å². The number of rotatable bonds is 3.